The fourth-order valence-corrected chi connectivity index (χ4v) is 4.18. The van der Waals surface area contributed by atoms with Crippen molar-refractivity contribution >= 4 is 38.9 Å². The van der Waals surface area contributed by atoms with Crippen molar-refractivity contribution in [2.24, 2.45) is 0 Å². The van der Waals surface area contributed by atoms with Crippen molar-refractivity contribution in [2.45, 2.75) is 17.4 Å². The quantitative estimate of drug-likeness (QED) is 0.714. The van der Waals surface area contributed by atoms with E-state index in [4.69, 9.17) is 27.9 Å². The Kier molecular flexibility index (Phi) is 5.81. The number of ether oxygens (including phenoxy) is 1. The molecule has 1 N–H and O–H groups in total. The Morgan fingerprint density at radius 1 is 1.15 bits per heavy atom. The second-order valence-electron chi connectivity index (χ2n) is 6.24. The summed E-state index contributed by atoms with van der Waals surface area (Å²) in [5, 5.41) is -0.189. The van der Waals surface area contributed by atoms with Crippen LogP contribution in [0, 0.1) is 11.6 Å². The van der Waals surface area contributed by atoms with Gasteiger partial charge in [-0.25, -0.2) is 17.2 Å². The van der Waals surface area contributed by atoms with Gasteiger partial charge in [0.1, 0.15) is 28.4 Å². The second kappa shape index (κ2) is 7.79. The van der Waals surface area contributed by atoms with Crippen molar-refractivity contribution in [3.8, 4) is 5.75 Å². The summed E-state index contributed by atoms with van der Waals surface area (Å²) in [5.74, 6) is -1.89. The maximum atomic E-state index is 14.0. The zero-order valence-corrected chi connectivity index (χ0v) is 16.5. The van der Waals surface area contributed by atoms with Crippen LogP contribution in [-0.4, -0.2) is 39.6 Å². The smallest absolute Gasteiger partial charge is 0.264 e. The molecule has 27 heavy (non-hydrogen) atoms. The molecule has 0 amide bonds. The van der Waals surface area contributed by atoms with Crippen molar-refractivity contribution in [1.82, 2.24) is 4.90 Å². The van der Waals surface area contributed by atoms with Crippen LogP contribution in [0.5, 0.6) is 5.75 Å². The Morgan fingerprint density at radius 2 is 1.89 bits per heavy atom. The Hall–Kier alpha value is -1.61. The van der Waals surface area contributed by atoms with Crippen molar-refractivity contribution in [2.75, 3.05) is 24.9 Å². The van der Waals surface area contributed by atoms with Gasteiger partial charge in [0.2, 0.25) is 0 Å². The van der Waals surface area contributed by atoms with Gasteiger partial charge in [-0.1, -0.05) is 23.2 Å². The maximum absolute atomic E-state index is 14.0. The zero-order chi connectivity index (χ0) is 19.8. The minimum Gasteiger partial charge on any atom is -0.487 e. The molecule has 146 valence electrons. The van der Waals surface area contributed by atoms with Gasteiger partial charge in [-0.05, 0) is 37.7 Å². The third-order valence-electron chi connectivity index (χ3n) is 4.09. The SMILES string of the molecule is CN1CC[C@H](Oc2cc(NS(=O)(=O)c3cc(F)c(Cl)cc3F)ccc2Cl)C1. The molecule has 0 bridgehead atoms. The Bertz CT molecular complexity index is 973. The molecule has 1 aliphatic rings. The lowest BCUT2D eigenvalue weighted by molar-refractivity contribution is 0.208. The van der Waals surface area contributed by atoms with Crippen LogP contribution in [-0.2, 0) is 10.0 Å². The molecule has 5 nitrogen and oxygen atoms in total. The molecule has 0 spiro atoms. The topological polar surface area (TPSA) is 58.6 Å². The molecule has 1 fully saturated rings. The van der Waals surface area contributed by atoms with Crippen LogP contribution in [0.3, 0.4) is 0 Å². The molecule has 0 radical (unpaired) electrons. The first-order valence-corrected chi connectivity index (χ1v) is 10.2. The summed E-state index contributed by atoms with van der Waals surface area (Å²) in [4.78, 5) is 1.25. The summed E-state index contributed by atoms with van der Waals surface area (Å²) in [6, 6.07) is 5.41. The van der Waals surface area contributed by atoms with E-state index in [1.807, 2.05) is 7.05 Å². The molecular formula is C17H16Cl2F2N2O3S. The number of hydrogen-bond acceptors (Lipinski definition) is 4. The fourth-order valence-electron chi connectivity index (χ4n) is 2.75. The normalized spacial score (nSPS) is 17.9. The van der Waals surface area contributed by atoms with E-state index < -0.39 is 31.6 Å². The number of nitrogens with one attached hydrogen (secondary N) is 1. The number of anilines is 1. The van der Waals surface area contributed by atoms with Gasteiger partial charge in [0.05, 0.1) is 15.7 Å². The van der Waals surface area contributed by atoms with Crippen LogP contribution in [0.15, 0.2) is 35.2 Å². The monoisotopic (exact) mass is 436 g/mol. The Morgan fingerprint density at radius 3 is 2.56 bits per heavy atom. The van der Waals surface area contributed by atoms with E-state index in [0.717, 1.165) is 19.5 Å². The minimum absolute atomic E-state index is 0.0674. The van der Waals surface area contributed by atoms with E-state index in [0.29, 0.717) is 22.9 Å². The largest absolute Gasteiger partial charge is 0.487 e. The highest BCUT2D eigenvalue weighted by atomic mass is 35.5. The molecule has 0 saturated carbocycles. The number of likely N-dealkylation sites (tertiary alicyclic amines) is 1. The van der Waals surface area contributed by atoms with Crippen LogP contribution in [0.1, 0.15) is 6.42 Å². The van der Waals surface area contributed by atoms with Crippen molar-refractivity contribution < 1.29 is 21.9 Å². The summed E-state index contributed by atoms with van der Waals surface area (Å²) < 4.78 is 60.4. The average molecular weight is 437 g/mol. The molecule has 10 heteroatoms. The van der Waals surface area contributed by atoms with E-state index in [1.165, 1.54) is 18.2 Å². The van der Waals surface area contributed by atoms with E-state index in [2.05, 4.69) is 9.62 Å². The van der Waals surface area contributed by atoms with Crippen molar-refractivity contribution in [3.05, 3.63) is 52.0 Å². The highest BCUT2D eigenvalue weighted by Gasteiger charge is 2.24. The number of halogens is 4. The van der Waals surface area contributed by atoms with E-state index >= 15 is 0 Å². The first kappa shape index (κ1) is 20.1. The van der Waals surface area contributed by atoms with Gasteiger partial charge in [0.15, 0.2) is 0 Å². The number of nitrogens with zero attached hydrogens (tertiary/aromatic N) is 1. The summed E-state index contributed by atoms with van der Waals surface area (Å²) in [6.07, 6.45) is 0.750. The molecule has 1 saturated heterocycles. The summed E-state index contributed by atoms with van der Waals surface area (Å²) in [7, 11) is -2.41. The van der Waals surface area contributed by atoms with E-state index in [1.54, 1.807) is 0 Å². The standard InChI is InChI=1S/C17H16Cl2F2N2O3S/c1-23-5-4-11(9-23)26-16-6-10(2-3-12(16)18)22-27(24,25)17-8-14(20)13(19)7-15(17)21/h2-3,6-8,11,22H,4-5,9H2,1H3/t11-/m0/s1. The molecule has 1 atom stereocenters. The molecule has 2 aromatic rings. The number of hydrogen-bond donors (Lipinski definition) is 1. The highest BCUT2D eigenvalue weighted by Crippen LogP contribution is 2.31. The minimum atomic E-state index is -4.38. The predicted octanol–water partition coefficient (Wildman–Crippen LogP) is 4.16. The lowest BCUT2D eigenvalue weighted by Gasteiger charge is -2.16. The molecule has 2 aromatic carbocycles. The Labute approximate surface area is 165 Å². The summed E-state index contributed by atoms with van der Waals surface area (Å²) in [5.41, 5.74) is 0.107. The van der Waals surface area contributed by atoms with Gasteiger partial charge in [-0.3, -0.25) is 4.72 Å². The van der Waals surface area contributed by atoms with Crippen LogP contribution in [0.25, 0.3) is 0 Å². The van der Waals surface area contributed by atoms with Crippen molar-refractivity contribution in [3.63, 3.8) is 0 Å². The summed E-state index contributed by atoms with van der Waals surface area (Å²) in [6.45, 7) is 1.61. The van der Waals surface area contributed by atoms with Gasteiger partial charge in [-0.15, -0.1) is 0 Å². The van der Waals surface area contributed by atoms with Gasteiger partial charge in [0, 0.05) is 19.2 Å². The van der Waals surface area contributed by atoms with Gasteiger partial charge < -0.3 is 9.64 Å². The van der Waals surface area contributed by atoms with Gasteiger partial charge in [-0.2, -0.15) is 0 Å². The number of likely N-dealkylation sites (N-methyl/N-ethyl adjacent to an activating group) is 1. The molecule has 1 heterocycles. The third kappa shape index (κ3) is 4.63. The molecule has 0 aliphatic carbocycles. The van der Waals surface area contributed by atoms with Crippen LogP contribution < -0.4 is 9.46 Å². The predicted molar refractivity (Wildman–Crippen MR) is 100 cm³/mol. The van der Waals surface area contributed by atoms with Crippen molar-refractivity contribution in [1.29, 1.82) is 0 Å². The van der Waals surface area contributed by atoms with Gasteiger partial charge in [0.25, 0.3) is 10.0 Å². The fraction of sp³-hybridized carbons (Fsp3) is 0.294. The molecule has 1 aliphatic heterocycles. The van der Waals surface area contributed by atoms with E-state index in [-0.39, 0.29) is 11.8 Å². The first-order chi connectivity index (χ1) is 12.7. The maximum Gasteiger partial charge on any atom is 0.264 e. The Balaban J connectivity index is 1.85. The number of benzene rings is 2. The summed E-state index contributed by atoms with van der Waals surface area (Å²) >= 11 is 11.6. The van der Waals surface area contributed by atoms with E-state index in [9.17, 15) is 17.2 Å². The lowest BCUT2D eigenvalue weighted by Crippen LogP contribution is -2.21. The highest BCUT2D eigenvalue weighted by molar-refractivity contribution is 7.92. The van der Waals surface area contributed by atoms with Gasteiger partial charge >= 0.3 is 0 Å². The number of sulfonamides is 1. The average Bonchev–Trinajstić information content (AvgIpc) is 2.98. The zero-order valence-electron chi connectivity index (χ0n) is 14.2. The lowest BCUT2D eigenvalue weighted by atomic mass is 10.3. The van der Waals surface area contributed by atoms with Crippen LogP contribution >= 0.6 is 23.2 Å². The number of rotatable bonds is 5. The van der Waals surface area contributed by atoms with Crippen LogP contribution in [0.2, 0.25) is 10.0 Å². The first-order valence-electron chi connectivity index (χ1n) is 7.98. The molecule has 3 rings (SSSR count). The molecular weight excluding hydrogens is 421 g/mol. The molecule has 0 unspecified atom stereocenters. The van der Waals surface area contributed by atoms with Crippen LogP contribution in [0.4, 0.5) is 14.5 Å². The third-order valence-corrected chi connectivity index (χ3v) is 6.09. The molecule has 0 aromatic heterocycles. The second-order valence-corrected chi connectivity index (χ2v) is 8.70.